The van der Waals surface area contributed by atoms with Crippen LogP contribution in [0.1, 0.15) is 23.2 Å². The van der Waals surface area contributed by atoms with Gasteiger partial charge in [0.25, 0.3) is 0 Å². The molecule has 7 heteroatoms. The average Bonchev–Trinajstić information content (AvgIpc) is 2.55. The van der Waals surface area contributed by atoms with Gasteiger partial charge in [-0.25, -0.2) is 14.8 Å². The van der Waals surface area contributed by atoms with Crippen LogP contribution in [0.15, 0.2) is 12.4 Å². The summed E-state index contributed by atoms with van der Waals surface area (Å²) >= 11 is 0. The number of morpholine rings is 1. The van der Waals surface area contributed by atoms with Crippen LogP contribution in [0, 0.1) is 0 Å². The minimum atomic E-state index is -0.426. The van der Waals surface area contributed by atoms with Crippen molar-refractivity contribution in [3.05, 3.63) is 18.0 Å². The van der Waals surface area contributed by atoms with Crippen molar-refractivity contribution in [1.29, 1.82) is 0 Å². The summed E-state index contributed by atoms with van der Waals surface area (Å²) in [7, 11) is 1.34. The molecule has 1 aromatic heterocycles. The van der Waals surface area contributed by atoms with Crippen molar-refractivity contribution in [3.63, 3.8) is 0 Å². The van der Waals surface area contributed by atoms with Gasteiger partial charge in [-0.15, -0.1) is 0 Å². The van der Waals surface area contributed by atoms with Crippen molar-refractivity contribution >= 4 is 11.9 Å². The van der Waals surface area contributed by atoms with Crippen LogP contribution in [-0.2, 0) is 14.2 Å². The Morgan fingerprint density at radius 3 is 2.67 bits per heavy atom. The maximum atomic E-state index is 11.4. The third-order valence-corrected chi connectivity index (χ3v) is 3.99. The highest BCUT2D eigenvalue weighted by Gasteiger charge is 2.39. The van der Waals surface area contributed by atoms with Gasteiger partial charge in [0.15, 0.2) is 0 Å². The molecule has 114 valence electrons. The van der Waals surface area contributed by atoms with E-state index in [9.17, 15) is 4.79 Å². The fourth-order valence-electron chi connectivity index (χ4n) is 2.77. The molecule has 3 rings (SSSR count). The first-order chi connectivity index (χ1) is 10.2. The van der Waals surface area contributed by atoms with E-state index < -0.39 is 5.97 Å². The molecule has 2 aliphatic rings. The quantitative estimate of drug-likeness (QED) is 0.741. The zero-order valence-electron chi connectivity index (χ0n) is 12.1. The summed E-state index contributed by atoms with van der Waals surface area (Å²) in [6.07, 6.45) is 4.79. The summed E-state index contributed by atoms with van der Waals surface area (Å²) in [4.78, 5) is 22.1. The number of rotatable bonds is 2. The topological polar surface area (TPSA) is 73.8 Å². The lowest BCUT2D eigenvalue weighted by atomic mass is 9.92. The van der Waals surface area contributed by atoms with Crippen LogP contribution in [0.4, 0.5) is 5.95 Å². The Hall–Kier alpha value is -1.73. The lowest BCUT2D eigenvalue weighted by Crippen LogP contribution is -2.54. The number of nitrogens with zero attached hydrogens (tertiary/aromatic N) is 3. The Morgan fingerprint density at radius 2 is 2.00 bits per heavy atom. The molecular weight excluding hydrogens is 274 g/mol. The van der Waals surface area contributed by atoms with Crippen LogP contribution >= 0.6 is 0 Å². The maximum absolute atomic E-state index is 11.4. The van der Waals surface area contributed by atoms with E-state index in [1.807, 2.05) is 0 Å². The Labute approximate surface area is 123 Å². The van der Waals surface area contributed by atoms with Crippen molar-refractivity contribution < 1.29 is 19.0 Å². The number of hydrogen-bond donors (Lipinski definition) is 0. The second kappa shape index (κ2) is 5.95. The highest BCUT2D eigenvalue weighted by Crippen LogP contribution is 2.30. The van der Waals surface area contributed by atoms with Crippen LogP contribution in [0.3, 0.4) is 0 Å². The van der Waals surface area contributed by atoms with Gasteiger partial charge in [0.05, 0.1) is 31.4 Å². The highest BCUT2D eigenvalue weighted by molar-refractivity contribution is 5.88. The molecule has 7 nitrogen and oxygen atoms in total. The molecule has 0 unspecified atom stereocenters. The predicted octanol–water partition coefficient (Wildman–Crippen LogP) is 0.649. The number of esters is 1. The smallest absolute Gasteiger partial charge is 0.341 e. The van der Waals surface area contributed by atoms with Gasteiger partial charge >= 0.3 is 5.97 Å². The largest absolute Gasteiger partial charge is 0.465 e. The number of ether oxygens (including phenoxy) is 3. The number of aromatic nitrogens is 2. The summed E-state index contributed by atoms with van der Waals surface area (Å²) in [5.41, 5.74) is 0.205. The molecule has 0 bridgehead atoms. The highest BCUT2D eigenvalue weighted by atomic mass is 16.5. The SMILES string of the molecule is COC(=O)c1cnc(N2CCOC3(CCOCC3)C2)nc1. The minimum absolute atomic E-state index is 0.152. The monoisotopic (exact) mass is 293 g/mol. The van der Waals surface area contributed by atoms with E-state index in [2.05, 4.69) is 19.6 Å². The fourth-order valence-corrected chi connectivity index (χ4v) is 2.77. The zero-order valence-corrected chi connectivity index (χ0v) is 12.1. The first-order valence-electron chi connectivity index (χ1n) is 7.09. The molecule has 3 heterocycles. The Kier molecular flexibility index (Phi) is 4.03. The normalized spacial score (nSPS) is 21.3. The molecule has 2 aliphatic heterocycles. The van der Waals surface area contributed by atoms with E-state index in [-0.39, 0.29) is 5.60 Å². The van der Waals surface area contributed by atoms with E-state index in [1.165, 1.54) is 19.5 Å². The number of methoxy groups -OCH3 is 1. The van der Waals surface area contributed by atoms with Crippen LogP contribution < -0.4 is 4.90 Å². The summed E-state index contributed by atoms with van der Waals surface area (Å²) in [6.45, 7) is 3.63. The molecule has 2 saturated heterocycles. The second-order valence-corrected chi connectivity index (χ2v) is 5.33. The lowest BCUT2D eigenvalue weighted by Gasteiger charge is -2.44. The zero-order chi connectivity index (χ0) is 14.7. The first-order valence-corrected chi connectivity index (χ1v) is 7.09. The van der Waals surface area contributed by atoms with Gasteiger partial charge in [0.2, 0.25) is 5.95 Å². The van der Waals surface area contributed by atoms with Crippen LogP contribution in [-0.4, -0.2) is 61.6 Å². The minimum Gasteiger partial charge on any atom is -0.465 e. The lowest BCUT2D eigenvalue weighted by molar-refractivity contribution is -0.116. The van der Waals surface area contributed by atoms with E-state index in [4.69, 9.17) is 9.47 Å². The molecule has 1 aromatic rings. The van der Waals surface area contributed by atoms with E-state index in [1.54, 1.807) is 0 Å². The fraction of sp³-hybridized carbons (Fsp3) is 0.643. The van der Waals surface area contributed by atoms with Gasteiger partial charge in [-0.05, 0) is 0 Å². The Morgan fingerprint density at radius 1 is 1.29 bits per heavy atom. The summed E-state index contributed by atoms with van der Waals surface area (Å²) < 4.78 is 16.0. The van der Waals surface area contributed by atoms with Crippen molar-refractivity contribution in [1.82, 2.24) is 9.97 Å². The Balaban J connectivity index is 1.72. The molecule has 0 aliphatic carbocycles. The average molecular weight is 293 g/mol. The Bertz CT molecular complexity index is 494. The van der Waals surface area contributed by atoms with Gasteiger partial charge in [-0.1, -0.05) is 0 Å². The molecule has 0 amide bonds. The number of hydrogen-bond acceptors (Lipinski definition) is 7. The van der Waals surface area contributed by atoms with Crippen molar-refractivity contribution in [2.24, 2.45) is 0 Å². The summed E-state index contributed by atoms with van der Waals surface area (Å²) in [5.74, 6) is 0.196. The third kappa shape index (κ3) is 2.98. The van der Waals surface area contributed by atoms with Crippen LogP contribution in [0.25, 0.3) is 0 Å². The molecule has 0 radical (unpaired) electrons. The van der Waals surface area contributed by atoms with E-state index in [0.29, 0.717) is 18.1 Å². The number of carbonyl (C=O) groups is 1. The summed E-state index contributed by atoms with van der Waals surface area (Å²) in [6, 6.07) is 0. The first kappa shape index (κ1) is 14.2. The number of anilines is 1. The van der Waals surface area contributed by atoms with Crippen molar-refractivity contribution in [2.45, 2.75) is 18.4 Å². The van der Waals surface area contributed by atoms with E-state index in [0.717, 1.165) is 39.1 Å². The van der Waals surface area contributed by atoms with Gasteiger partial charge < -0.3 is 19.1 Å². The van der Waals surface area contributed by atoms with Crippen LogP contribution in [0.5, 0.6) is 0 Å². The predicted molar refractivity (Wildman–Crippen MR) is 74.3 cm³/mol. The standard InChI is InChI=1S/C14H19N3O4/c1-19-12(18)11-8-15-13(16-9-11)17-4-7-21-14(10-17)2-5-20-6-3-14/h8-9H,2-7,10H2,1H3. The van der Waals surface area contributed by atoms with Crippen LogP contribution in [0.2, 0.25) is 0 Å². The molecule has 1 spiro atoms. The summed E-state index contributed by atoms with van der Waals surface area (Å²) in [5, 5.41) is 0. The van der Waals surface area contributed by atoms with Gasteiger partial charge in [-0.2, -0.15) is 0 Å². The molecule has 0 aromatic carbocycles. The van der Waals surface area contributed by atoms with Crippen molar-refractivity contribution in [3.8, 4) is 0 Å². The van der Waals surface area contributed by atoms with Gasteiger partial charge in [0, 0.05) is 45.0 Å². The molecule has 21 heavy (non-hydrogen) atoms. The molecule has 0 saturated carbocycles. The number of carbonyl (C=O) groups excluding carboxylic acids is 1. The molecule has 2 fully saturated rings. The molecule has 0 N–H and O–H groups in total. The third-order valence-electron chi connectivity index (χ3n) is 3.99. The van der Waals surface area contributed by atoms with Crippen molar-refractivity contribution in [2.75, 3.05) is 44.9 Å². The second-order valence-electron chi connectivity index (χ2n) is 5.33. The van der Waals surface area contributed by atoms with Gasteiger partial charge in [0.1, 0.15) is 0 Å². The van der Waals surface area contributed by atoms with Gasteiger partial charge in [-0.3, -0.25) is 0 Å². The molecular formula is C14H19N3O4. The maximum Gasteiger partial charge on any atom is 0.341 e. The molecule has 0 atom stereocenters. The van der Waals surface area contributed by atoms with E-state index >= 15 is 0 Å².